The van der Waals surface area contributed by atoms with Crippen LogP contribution in [0.25, 0.3) is 0 Å². The average molecular weight is 319 g/mol. The predicted molar refractivity (Wildman–Crippen MR) is 67.0 cm³/mol. The van der Waals surface area contributed by atoms with E-state index in [1.165, 1.54) is 17.5 Å². The Bertz CT molecular complexity index is 514. The molecule has 0 aromatic carbocycles. The van der Waals surface area contributed by atoms with Crippen LogP contribution in [0.1, 0.15) is 10.5 Å². The fourth-order valence-electron chi connectivity index (χ4n) is 0.984. The van der Waals surface area contributed by atoms with Crippen LogP contribution in [0.2, 0.25) is 5.02 Å². The molecule has 2 rings (SSSR count). The molecule has 82 valence electrons. The third-order valence-electron chi connectivity index (χ3n) is 1.66. The molecule has 0 spiro atoms. The first kappa shape index (κ1) is 11.5. The lowest BCUT2D eigenvalue weighted by atomic mass is 10.3. The zero-order chi connectivity index (χ0) is 11.5. The molecule has 0 saturated carbocycles. The summed E-state index contributed by atoms with van der Waals surface area (Å²) in [5.74, 6) is -0.307. The molecule has 0 aliphatic heterocycles. The molecule has 1 N–H and O–H groups in total. The molecule has 0 atom stereocenters. The van der Waals surface area contributed by atoms with Crippen molar-refractivity contribution in [3.05, 3.63) is 39.0 Å². The van der Waals surface area contributed by atoms with Crippen molar-refractivity contribution in [2.24, 2.45) is 0 Å². The lowest BCUT2D eigenvalue weighted by molar-refractivity contribution is 0.102. The standard InChI is InChI=1S/C9H5BrClN3OS/c10-7-4-13-9(16-7)14-8(15)6-2-1-5(11)3-12-6/h1-4H,(H,13,14,15). The van der Waals surface area contributed by atoms with Crippen LogP contribution in [0.15, 0.2) is 28.3 Å². The minimum Gasteiger partial charge on any atom is -0.296 e. The highest BCUT2D eigenvalue weighted by Gasteiger charge is 2.09. The second-order valence-corrected chi connectivity index (χ2v) is 5.63. The first-order chi connectivity index (χ1) is 7.65. The van der Waals surface area contributed by atoms with E-state index in [-0.39, 0.29) is 5.91 Å². The van der Waals surface area contributed by atoms with Gasteiger partial charge in [-0.1, -0.05) is 22.9 Å². The molecule has 16 heavy (non-hydrogen) atoms. The maximum atomic E-state index is 11.7. The monoisotopic (exact) mass is 317 g/mol. The van der Waals surface area contributed by atoms with Gasteiger partial charge in [0.15, 0.2) is 5.13 Å². The van der Waals surface area contributed by atoms with E-state index in [1.807, 2.05) is 0 Å². The second-order valence-electron chi connectivity index (χ2n) is 2.79. The summed E-state index contributed by atoms with van der Waals surface area (Å²) in [4.78, 5) is 19.6. The molecule has 0 aliphatic carbocycles. The SMILES string of the molecule is O=C(Nc1ncc(Br)s1)c1ccc(Cl)cn1. The minimum absolute atomic E-state index is 0.302. The van der Waals surface area contributed by atoms with E-state index in [0.29, 0.717) is 15.8 Å². The molecule has 7 heteroatoms. The molecule has 0 bridgehead atoms. The smallest absolute Gasteiger partial charge is 0.276 e. The van der Waals surface area contributed by atoms with E-state index < -0.39 is 0 Å². The normalized spacial score (nSPS) is 10.1. The number of amides is 1. The number of carbonyl (C=O) groups excluding carboxylic acids is 1. The Kier molecular flexibility index (Phi) is 3.52. The molecule has 0 saturated heterocycles. The van der Waals surface area contributed by atoms with Gasteiger partial charge in [0, 0.05) is 6.20 Å². The molecular weight excluding hydrogens is 314 g/mol. The number of nitrogens with one attached hydrogen (secondary N) is 1. The summed E-state index contributed by atoms with van der Waals surface area (Å²) in [6.07, 6.45) is 3.05. The average Bonchev–Trinajstić information content (AvgIpc) is 2.65. The number of pyridine rings is 1. The Labute approximate surface area is 109 Å². The molecule has 4 nitrogen and oxygen atoms in total. The molecule has 0 fully saturated rings. The van der Waals surface area contributed by atoms with Crippen LogP contribution < -0.4 is 5.32 Å². The van der Waals surface area contributed by atoms with Crippen molar-refractivity contribution >= 4 is 49.9 Å². The molecule has 2 aromatic rings. The van der Waals surface area contributed by atoms with E-state index in [0.717, 1.165) is 3.79 Å². The highest BCUT2D eigenvalue weighted by atomic mass is 79.9. The van der Waals surface area contributed by atoms with Gasteiger partial charge in [0.1, 0.15) is 5.69 Å². The highest BCUT2D eigenvalue weighted by molar-refractivity contribution is 9.11. The highest BCUT2D eigenvalue weighted by Crippen LogP contribution is 2.23. The summed E-state index contributed by atoms with van der Waals surface area (Å²) < 4.78 is 0.854. The summed E-state index contributed by atoms with van der Waals surface area (Å²) >= 11 is 10.3. The number of nitrogens with zero attached hydrogens (tertiary/aromatic N) is 2. The summed E-state index contributed by atoms with van der Waals surface area (Å²) in [6.45, 7) is 0. The quantitative estimate of drug-likeness (QED) is 0.925. The van der Waals surface area contributed by atoms with E-state index in [1.54, 1.807) is 18.3 Å². The number of anilines is 1. The second kappa shape index (κ2) is 4.90. The van der Waals surface area contributed by atoms with Crippen molar-refractivity contribution in [2.45, 2.75) is 0 Å². The van der Waals surface area contributed by atoms with Crippen LogP contribution in [-0.4, -0.2) is 15.9 Å². The van der Waals surface area contributed by atoms with Crippen molar-refractivity contribution in [1.29, 1.82) is 0 Å². The van der Waals surface area contributed by atoms with Gasteiger partial charge in [0.25, 0.3) is 5.91 Å². The van der Waals surface area contributed by atoms with Crippen LogP contribution in [0.3, 0.4) is 0 Å². The Hall–Kier alpha value is -0.980. The number of thiazole rings is 1. The van der Waals surface area contributed by atoms with Gasteiger partial charge in [-0.25, -0.2) is 9.97 Å². The molecule has 2 aromatic heterocycles. The van der Waals surface area contributed by atoms with E-state index in [2.05, 4.69) is 31.2 Å². The van der Waals surface area contributed by atoms with Gasteiger partial charge in [0.2, 0.25) is 0 Å². The van der Waals surface area contributed by atoms with Crippen molar-refractivity contribution in [3.8, 4) is 0 Å². The number of hydrogen-bond donors (Lipinski definition) is 1. The maximum absolute atomic E-state index is 11.7. The molecule has 1 amide bonds. The van der Waals surface area contributed by atoms with Gasteiger partial charge in [-0.05, 0) is 28.1 Å². The minimum atomic E-state index is -0.307. The number of hydrogen-bond acceptors (Lipinski definition) is 4. The Morgan fingerprint density at radius 1 is 1.38 bits per heavy atom. The number of aromatic nitrogens is 2. The zero-order valence-electron chi connectivity index (χ0n) is 7.78. The van der Waals surface area contributed by atoms with Gasteiger partial charge in [0.05, 0.1) is 15.0 Å². The fraction of sp³-hybridized carbons (Fsp3) is 0. The summed E-state index contributed by atoms with van der Waals surface area (Å²) in [7, 11) is 0. The Morgan fingerprint density at radius 3 is 2.75 bits per heavy atom. The van der Waals surface area contributed by atoms with Crippen LogP contribution in [0.4, 0.5) is 5.13 Å². The first-order valence-corrected chi connectivity index (χ1v) is 6.18. The van der Waals surface area contributed by atoms with Gasteiger partial charge in [-0.15, -0.1) is 0 Å². The van der Waals surface area contributed by atoms with Crippen molar-refractivity contribution in [1.82, 2.24) is 9.97 Å². The van der Waals surface area contributed by atoms with E-state index in [9.17, 15) is 4.79 Å². The third-order valence-corrected chi connectivity index (χ3v) is 3.27. The molecule has 0 aliphatic rings. The topological polar surface area (TPSA) is 54.9 Å². The van der Waals surface area contributed by atoms with E-state index in [4.69, 9.17) is 11.6 Å². The van der Waals surface area contributed by atoms with Crippen LogP contribution in [-0.2, 0) is 0 Å². The summed E-state index contributed by atoms with van der Waals surface area (Å²) in [5, 5.41) is 3.65. The first-order valence-electron chi connectivity index (χ1n) is 4.19. The molecule has 2 heterocycles. The van der Waals surface area contributed by atoms with Crippen molar-refractivity contribution in [2.75, 3.05) is 5.32 Å². The number of rotatable bonds is 2. The maximum Gasteiger partial charge on any atom is 0.276 e. The largest absolute Gasteiger partial charge is 0.296 e. The van der Waals surface area contributed by atoms with Gasteiger partial charge in [-0.3, -0.25) is 10.1 Å². The number of carbonyl (C=O) groups is 1. The fourth-order valence-corrected chi connectivity index (χ4v) is 2.20. The molecule has 0 unspecified atom stereocenters. The van der Waals surface area contributed by atoms with Crippen molar-refractivity contribution in [3.63, 3.8) is 0 Å². The van der Waals surface area contributed by atoms with Crippen LogP contribution in [0.5, 0.6) is 0 Å². The van der Waals surface area contributed by atoms with Gasteiger partial charge < -0.3 is 0 Å². The zero-order valence-corrected chi connectivity index (χ0v) is 10.9. The van der Waals surface area contributed by atoms with Crippen LogP contribution in [0, 0.1) is 0 Å². The third kappa shape index (κ3) is 2.78. The number of halogens is 2. The molecule has 0 radical (unpaired) electrons. The van der Waals surface area contributed by atoms with Gasteiger partial charge in [-0.2, -0.15) is 0 Å². The van der Waals surface area contributed by atoms with Gasteiger partial charge >= 0.3 is 0 Å². The summed E-state index contributed by atoms with van der Waals surface area (Å²) in [6, 6.07) is 3.17. The summed E-state index contributed by atoms with van der Waals surface area (Å²) in [5.41, 5.74) is 0.302. The Morgan fingerprint density at radius 2 is 2.19 bits per heavy atom. The van der Waals surface area contributed by atoms with E-state index >= 15 is 0 Å². The molecular formula is C9H5BrClN3OS. The lowest BCUT2D eigenvalue weighted by Gasteiger charge is -2.00. The lowest BCUT2D eigenvalue weighted by Crippen LogP contribution is -2.13. The van der Waals surface area contributed by atoms with Crippen LogP contribution >= 0.6 is 38.9 Å². The predicted octanol–water partition coefficient (Wildman–Crippen LogP) is 3.21. The Balaban J connectivity index is 2.11. The van der Waals surface area contributed by atoms with Crippen molar-refractivity contribution < 1.29 is 4.79 Å².